The van der Waals surface area contributed by atoms with Gasteiger partial charge in [0.05, 0.1) is 17.5 Å². The van der Waals surface area contributed by atoms with Crippen LogP contribution in [-0.2, 0) is 6.42 Å². The minimum absolute atomic E-state index is 0.325. The number of hydrogen-bond donors (Lipinski definition) is 1. The highest BCUT2D eigenvalue weighted by Crippen LogP contribution is 2.26. The van der Waals surface area contributed by atoms with Crippen LogP contribution in [0.1, 0.15) is 17.6 Å². The van der Waals surface area contributed by atoms with E-state index in [9.17, 15) is 5.11 Å². The average molecular weight is 400 g/mol. The van der Waals surface area contributed by atoms with Gasteiger partial charge in [-0.3, -0.25) is 0 Å². The minimum atomic E-state index is -0.683. The number of hydrogen-bond acceptors (Lipinski definition) is 3. The number of nitrogens with zero attached hydrogens (tertiary/aromatic N) is 1. The molecule has 1 N–H and O–H groups in total. The van der Waals surface area contributed by atoms with E-state index >= 15 is 0 Å². The summed E-state index contributed by atoms with van der Waals surface area (Å²) >= 11 is 8.22. The average Bonchev–Trinajstić information content (AvgIpc) is 2.83. The van der Waals surface area contributed by atoms with Gasteiger partial charge in [0.2, 0.25) is 0 Å². The van der Waals surface area contributed by atoms with Gasteiger partial charge in [0.15, 0.2) is 11.5 Å². The van der Waals surface area contributed by atoms with Crippen LogP contribution in [0.25, 0.3) is 11.1 Å². The molecule has 5 heteroatoms. The van der Waals surface area contributed by atoms with E-state index in [0.29, 0.717) is 17.3 Å². The number of para-hydroxylation sites is 2. The lowest BCUT2D eigenvalue weighted by atomic mass is 10.1. The molecule has 0 radical (unpaired) electrons. The van der Waals surface area contributed by atoms with Gasteiger partial charge in [-0.2, -0.15) is 0 Å². The predicted octanol–water partition coefficient (Wildman–Crippen LogP) is 4.36. The number of fused-ring (bicyclic) bond motifs is 1. The lowest BCUT2D eigenvalue weighted by molar-refractivity contribution is 0.169. The molecule has 0 saturated carbocycles. The number of benzene rings is 2. The zero-order valence-electron chi connectivity index (χ0n) is 10.4. The quantitative estimate of drug-likeness (QED) is 0.666. The minimum Gasteiger partial charge on any atom is -0.441 e. The topological polar surface area (TPSA) is 46.3 Å². The molecule has 0 spiro atoms. The van der Waals surface area contributed by atoms with Crippen LogP contribution in [0.15, 0.2) is 46.9 Å². The van der Waals surface area contributed by atoms with Crippen LogP contribution in [0.4, 0.5) is 0 Å². The van der Waals surface area contributed by atoms with Crippen molar-refractivity contribution >= 4 is 45.3 Å². The molecular formula is C15H11ClINO2. The van der Waals surface area contributed by atoms with Crippen LogP contribution in [0.2, 0.25) is 5.02 Å². The lowest BCUT2D eigenvalue weighted by Gasteiger charge is -2.09. The first-order valence-electron chi connectivity index (χ1n) is 6.11. The van der Waals surface area contributed by atoms with Crippen molar-refractivity contribution in [2.75, 3.05) is 0 Å². The van der Waals surface area contributed by atoms with E-state index in [0.717, 1.165) is 20.2 Å². The standard InChI is InChI=1S/C15H11ClINO2/c16-10-7-9(5-6-11(10)17)13(19)8-15-18-12-3-1-2-4-14(12)20-15/h1-7,13,19H,8H2. The van der Waals surface area contributed by atoms with Gasteiger partial charge in [-0.15, -0.1) is 0 Å². The third-order valence-electron chi connectivity index (χ3n) is 3.03. The molecule has 3 aromatic rings. The summed E-state index contributed by atoms with van der Waals surface area (Å²) in [4.78, 5) is 4.36. The Labute approximate surface area is 134 Å². The third kappa shape index (κ3) is 2.82. The van der Waals surface area contributed by atoms with Crippen molar-refractivity contribution in [3.05, 3.63) is 62.5 Å². The molecule has 20 heavy (non-hydrogen) atoms. The van der Waals surface area contributed by atoms with Crippen molar-refractivity contribution in [1.82, 2.24) is 4.98 Å². The molecule has 102 valence electrons. The second-order valence-electron chi connectivity index (χ2n) is 4.47. The summed E-state index contributed by atoms with van der Waals surface area (Å²) in [5.74, 6) is 0.522. The van der Waals surface area contributed by atoms with Crippen molar-refractivity contribution in [1.29, 1.82) is 0 Å². The van der Waals surface area contributed by atoms with Crippen molar-refractivity contribution in [2.24, 2.45) is 0 Å². The maximum absolute atomic E-state index is 10.3. The molecule has 0 aliphatic rings. The summed E-state index contributed by atoms with van der Waals surface area (Å²) in [6, 6.07) is 13.1. The van der Waals surface area contributed by atoms with Gasteiger partial charge < -0.3 is 9.52 Å². The molecule has 0 bridgehead atoms. The van der Waals surface area contributed by atoms with Gasteiger partial charge in [-0.05, 0) is 52.4 Å². The van der Waals surface area contributed by atoms with E-state index in [2.05, 4.69) is 27.6 Å². The SMILES string of the molecule is OC(Cc1nc2ccccc2o1)c1ccc(I)c(Cl)c1. The van der Waals surface area contributed by atoms with E-state index in [1.54, 1.807) is 6.07 Å². The number of halogens is 2. The summed E-state index contributed by atoms with van der Waals surface area (Å²) in [5.41, 5.74) is 2.29. The van der Waals surface area contributed by atoms with E-state index in [-0.39, 0.29) is 0 Å². The van der Waals surface area contributed by atoms with Gasteiger partial charge in [0.1, 0.15) is 5.52 Å². The fourth-order valence-corrected chi connectivity index (χ4v) is 2.53. The Morgan fingerprint density at radius 3 is 2.80 bits per heavy atom. The predicted molar refractivity (Wildman–Crippen MR) is 86.8 cm³/mol. The normalized spacial score (nSPS) is 12.8. The Bertz CT molecular complexity index is 723. The molecule has 1 atom stereocenters. The Kier molecular flexibility index (Phi) is 3.96. The van der Waals surface area contributed by atoms with E-state index in [4.69, 9.17) is 16.0 Å². The van der Waals surface area contributed by atoms with Gasteiger partial charge in [0, 0.05) is 3.57 Å². The summed E-state index contributed by atoms with van der Waals surface area (Å²) in [6.45, 7) is 0. The Balaban J connectivity index is 1.84. The maximum Gasteiger partial charge on any atom is 0.198 e. The molecule has 3 rings (SSSR count). The lowest BCUT2D eigenvalue weighted by Crippen LogP contribution is -2.02. The van der Waals surface area contributed by atoms with Crippen molar-refractivity contribution in [2.45, 2.75) is 12.5 Å². The number of aliphatic hydroxyl groups is 1. The zero-order chi connectivity index (χ0) is 14.1. The Morgan fingerprint density at radius 1 is 1.25 bits per heavy atom. The first-order valence-corrected chi connectivity index (χ1v) is 7.56. The molecule has 1 aromatic heterocycles. The molecule has 1 heterocycles. The summed E-state index contributed by atoms with van der Waals surface area (Å²) in [5, 5.41) is 10.9. The molecule has 0 saturated heterocycles. The molecule has 0 fully saturated rings. The molecule has 0 aliphatic carbocycles. The van der Waals surface area contributed by atoms with Gasteiger partial charge in [0.25, 0.3) is 0 Å². The third-order valence-corrected chi connectivity index (χ3v) is 4.61. The number of rotatable bonds is 3. The number of oxazole rings is 1. The highest BCUT2D eigenvalue weighted by Gasteiger charge is 2.14. The van der Waals surface area contributed by atoms with Crippen molar-refractivity contribution < 1.29 is 9.52 Å². The molecule has 1 unspecified atom stereocenters. The largest absolute Gasteiger partial charge is 0.441 e. The number of aliphatic hydroxyl groups excluding tert-OH is 1. The summed E-state index contributed by atoms with van der Waals surface area (Å²) in [7, 11) is 0. The Morgan fingerprint density at radius 2 is 2.05 bits per heavy atom. The van der Waals surface area contributed by atoms with Crippen molar-refractivity contribution in [3.8, 4) is 0 Å². The van der Waals surface area contributed by atoms with Gasteiger partial charge in [-0.1, -0.05) is 29.8 Å². The van der Waals surface area contributed by atoms with Gasteiger partial charge >= 0.3 is 0 Å². The fraction of sp³-hybridized carbons (Fsp3) is 0.133. The molecule has 0 amide bonds. The number of aromatic nitrogens is 1. The second kappa shape index (κ2) is 5.71. The fourth-order valence-electron chi connectivity index (χ4n) is 2.01. The molecular weight excluding hydrogens is 389 g/mol. The van der Waals surface area contributed by atoms with Crippen LogP contribution in [-0.4, -0.2) is 10.1 Å². The Hall–Kier alpha value is -1.11. The molecule has 3 nitrogen and oxygen atoms in total. The maximum atomic E-state index is 10.3. The smallest absolute Gasteiger partial charge is 0.198 e. The summed E-state index contributed by atoms with van der Waals surface area (Å²) in [6.07, 6.45) is -0.358. The van der Waals surface area contributed by atoms with Crippen LogP contribution in [0.5, 0.6) is 0 Å². The molecule has 0 aliphatic heterocycles. The van der Waals surface area contributed by atoms with Crippen LogP contribution in [0, 0.1) is 3.57 Å². The second-order valence-corrected chi connectivity index (χ2v) is 6.04. The van der Waals surface area contributed by atoms with Crippen LogP contribution < -0.4 is 0 Å². The van der Waals surface area contributed by atoms with Gasteiger partial charge in [-0.25, -0.2) is 4.98 Å². The highest BCUT2D eigenvalue weighted by atomic mass is 127. The summed E-state index contributed by atoms with van der Waals surface area (Å²) < 4.78 is 6.57. The van der Waals surface area contributed by atoms with E-state index in [1.165, 1.54) is 0 Å². The van der Waals surface area contributed by atoms with Crippen molar-refractivity contribution in [3.63, 3.8) is 0 Å². The first-order chi connectivity index (χ1) is 9.63. The zero-order valence-corrected chi connectivity index (χ0v) is 13.3. The monoisotopic (exact) mass is 399 g/mol. The first kappa shape index (κ1) is 13.9. The van der Waals surface area contributed by atoms with E-state index in [1.807, 2.05) is 36.4 Å². The highest BCUT2D eigenvalue weighted by molar-refractivity contribution is 14.1. The molecule has 2 aromatic carbocycles. The van der Waals surface area contributed by atoms with E-state index < -0.39 is 6.10 Å². The van der Waals surface area contributed by atoms with Crippen LogP contribution >= 0.6 is 34.2 Å². The van der Waals surface area contributed by atoms with Crippen LogP contribution in [0.3, 0.4) is 0 Å².